The molecule has 0 aliphatic carbocycles. The smallest absolute Gasteiger partial charge is 0.251 e. The average Bonchev–Trinajstić information content (AvgIpc) is 3.12. The van der Waals surface area contributed by atoms with Crippen molar-refractivity contribution < 1.29 is 22.4 Å². The van der Waals surface area contributed by atoms with Crippen molar-refractivity contribution in [3.8, 4) is 0 Å². The van der Waals surface area contributed by atoms with Crippen LogP contribution in [0.4, 0.5) is 0 Å². The fourth-order valence-electron chi connectivity index (χ4n) is 2.97. The molecule has 0 saturated carbocycles. The Hall–Kier alpha value is -2.68. The Labute approximate surface area is 170 Å². The molecule has 154 valence electrons. The number of rotatable bonds is 8. The van der Waals surface area contributed by atoms with Gasteiger partial charge in [-0.15, -0.1) is 0 Å². The second-order valence-electron chi connectivity index (χ2n) is 6.88. The van der Waals surface area contributed by atoms with Crippen molar-refractivity contribution >= 4 is 26.9 Å². The van der Waals surface area contributed by atoms with Gasteiger partial charge in [-0.05, 0) is 50.2 Å². The van der Waals surface area contributed by atoms with Crippen LogP contribution in [0.1, 0.15) is 36.0 Å². The van der Waals surface area contributed by atoms with Crippen molar-refractivity contribution in [2.45, 2.75) is 30.8 Å². The van der Waals surface area contributed by atoms with Crippen molar-refractivity contribution in [1.82, 2.24) is 10.0 Å². The maximum atomic E-state index is 12.5. The Morgan fingerprint density at radius 2 is 1.79 bits per heavy atom. The fraction of sp³-hybridized carbons (Fsp3) is 0.286. The van der Waals surface area contributed by atoms with E-state index in [9.17, 15) is 13.2 Å². The lowest BCUT2D eigenvalue weighted by Gasteiger charge is -2.14. The van der Waals surface area contributed by atoms with E-state index in [2.05, 4.69) is 10.0 Å². The highest BCUT2D eigenvalue weighted by molar-refractivity contribution is 7.89. The molecule has 0 radical (unpaired) electrons. The lowest BCUT2D eigenvalue weighted by Crippen LogP contribution is -2.35. The van der Waals surface area contributed by atoms with E-state index in [1.807, 2.05) is 37.3 Å². The summed E-state index contributed by atoms with van der Waals surface area (Å²) >= 11 is 0. The van der Waals surface area contributed by atoms with E-state index >= 15 is 0 Å². The van der Waals surface area contributed by atoms with Gasteiger partial charge in [0.15, 0.2) is 0 Å². The zero-order chi connectivity index (χ0) is 21.0. The lowest BCUT2D eigenvalue weighted by molar-refractivity contribution is 0.0935. The second-order valence-corrected chi connectivity index (χ2v) is 8.60. The number of hydrogen-bond acceptors (Lipinski definition) is 5. The van der Waals surface area contributed by atoms with E-state index in [0.717, 1.165) is 11.0 Å². The molecule has 0 unspecified atom stereocenters. The summed E-state index contributed by atoms with van der Waals surface area (Å²) in [7, 11) is -2.18. The number of methoxy groups -OCH3 is 1. The van der Waals surface area contributed by atoms with Crippen molar-refractivity contribution in [1.29, 1.82) is 0 Å². The number of carbonyl (C=O) groups is 1. The third kappa shape index (κ3) is 5.03. The van der Waals surface area contributed by atoms with Crippen LogP contribution in [-0.2, 0) is 14.8 Å². The molecule has 2 N–H and O–H groups in total. The first-order valence-electron chi connectivity index (χ1n) is 9.21. The molecule has 3 rings (SSSR count). The summed E-state index contributed by atoms with van der Waals surface area (Å²) in [6.45, 7) is 3.80. The van der Waals surface area contributed by atoms with E-state index in [1.165, 1.54) is 31.4 Å². The summed E-state index contributed by atoms with van der Waals surface area (Å²) < 4.78 is 38.0. The monoisotopic (exact) mass is 416 g/mol. The molecule has 2 atom stereocenters. The number of carbonyl (C=O) groups excluding carboxylic acids is 1. The standard InChI is InChI=1S/C21H24N2O5S/c1-14(13-27-3)23-29(25,26)18-10-8-16(9-11-18)21(24)22-15(2)20-12-17-6-4-5-7-19(17)28-20/h4-12,14-15,23H,13H2,1-3H3,(H,22,24)/t14-,15+/m0/s1. The van der Waals surface area contributed by atoms with Crippen LogP contribution in [0, 0.1) is 0 Å². The zero-order valence-electron chi connectivity index (χ0n) is 16.5. The van der Waals surface area contributed by atoms with Crippen LogP contribution in [0.2, 0.25) is 0 Å². The van der Waals surface area contributed by atoms with Gasteiger partial charge in [0.25, 0.3) is 5.91 Å². The van der Waals surface area contributed by atoms with Gasteiger partial charge < -0.3 is 14.5 Å². The van der Waals surface area contributed by atoms with Crippen molar-refractivity contribution in [3.05, 3.63) is 65.9 Å². The van der Waals surface area contributed by atoms with Crippen LogP contribution >= 0.6 is 0 Å². The molecule has 0 aliphatic heterocycles. The van der Waals surface area contributed by atoms with Crippen molar-refractivity contribution in [3.63, 3.8) is 0 Å². The Balaban J connectivity index is 1.68. The molecule has 1 aromatic heterocycles. The summed E-state index contributed by atoms with van der Waals surface area (Å²) in [4.78, 5) is 12.6. The SMILES string of the molecule is COC[C@H](C)NS(=O)(=O)c1ccc(C(=O)N[C@H](C)c2cc3ccccc3o2)cc1. The molecule has 2 aromatic carbocycles. The molecular weight excluding hydrogens is 392 g/mol. The van der Waals surface area contributed by atoms with Gasteiger partial charge in [-0.2, -0.15) is 0 Å². The van der Waals surface area contributed by atoms with E-state index in [0.29, 0.717) is 11.3 Å². The average molecular weight is 416 g/mol. The number of benzene rings is 2. The molecule has 3 aromatic rings. The third-order valence-electron chi connectivity index (χ3n) is 4.42. The molecule has 0 aliphatic rings. The number of hydrogen-bond donors (Lipinski definition) is 2. The topological polar surface area (TPSA) is 97.6 Å². The second kappa shape index (κ2) is 8.77. The lowest BCUT2D eigenvalue weighted by atomic mass is 10.1. The van der Waals surface area contributed by atoms with Gasteiger partial charge in [0.2, 0.25) is 10.0 Å². The predicted octanol–water partition coefficient (Wildman–Crippen LogP) is 3.24. The first kappa shape index (κ1) is 21.0. The van der Waals surface area contributed by atoms with Crippen LogP contribution in [0.15, 0.2) is 63.9 Å². The third-order valence-corrected chi connectivity index (χ3v) is 6.02. The summed E-state index contributed by atoms with van der Waals surface area (Å²) in [6, 6.07) is 14.6. The van der Waals surface area contributed by atoms with Gasteiger partial charge in [-0.1, -0.05) is 18.2 Å². The van der Waals surface area contributed by atoms with Gasteiger partial charge in [0.1, 0.15) is 11.3 Å². The number of sulfonamides is 1. The summed E-state index contributed by atoms with van der Waals surface area (Å²) in [5.74, 6) is 0.331. The Kier molecular flexibility index (Phi) is 6.36. The number of furan rings is 1. The number of amides is 1. The Morgan fingerprint density at radius 1 is 1.10 bits per heavy atom. The number of ether oxygens (including phenoxy) is 1. The number of fused-ring (bicyclic) bond motifs is 1. The first-order valence-corrected chi connectivity index (χ1v) is 10.7. The molecule has 29 heavy (non-hydrogen) atoms. The van der Waals surface area contributed by atoms with Gasteiger partial charge in [0, 0.05) is 24.1 Å². The van der Waals surface area contributed by atoms with Gasteiger partial charge in [-0.25, -0.2) is 13.1 Å². The summed E-state index contributed by atoms with van der Waals surface area (Å²) in [5.41, 5.74) is 1.12. The maximum Gasteiger partial charge on any atom is 0.251 e. The van der Waals surface area contributed by atoms with Crippen LogP contribution in [0.5, 0.6) is 0 Å². The normalized spacial score (nSPS) is 13.9. The quantitative estimate of drug-likeness (QED) is 0.588. The highest BCUT2D eigenvalue weighted by Gasteiger charge is 2.19. The van der Waals surface area contributed by atoms with Crippen LogP contribution in [0.3, 0.4) is 0 Å². The van der Waals surface area contributed by atoms with Gasteiger partial charge in [0.05, 0.1) is 17.5 Å². The summed E-state index contributed by atoms with van der Waals surface area (Å²) in [6.07, 6.45) is 0. The van der Waals surface area contributed by atoms with Crippen molar-refractivity contribution in [2.75, 3.05) is 13.7 Å². The van der Waals surface area contributed by atoms with Gasteiger partial charge in [-0.3, -0.25) is 4.79 Å². The van der Waals surface area contributed by atoms with Crippen LogP contribution in [0.25, 0.3) is 11.0 Å². The molecule has 8 heteroatoms. The number of nitrogens with one attached hydrogen (secondary N) is 2. The van der Waals surface area contributed by atoms with Gasteiger partial charge >= 0.3 is 0 Å². The molecule has 7 nitrogen and oxygen atoms in total. The molecule has 1 amide bonds. The first-order chi connectivity index (χ1) is 13.8. The fourth-order valence-corrected chi connectivity index (χ4v) is 4.20. The maximum absolute atomic E-state index is 12.5. The minimum absolute atomic E-state index is 0.0855. The van der Waals surface area contributed by atoms with E-state index in [-0.39, 0.29) is 29.5 Å². The highest BCUT2D eigenvalue weighted by Crippen LogP contribution is 2.24. The molecule has 0 spiro atoms. The minimum Gasteiger partial charge on any atom is -0.459 e. The highest BCUT2D eigenvalue weighted by atomic mass is 32.2. The number of para-hydroxylation sites is 1. The summed E-state index contributed by atoms with van der Waals surface area (Å²) in [5, 5.41) is 3.83. The molecular formula is C21H24N2O5S. The van der Waals surface area contributed by atoms with E-state index < -0.39 is 10.0 Å². The van der Waals surface area contributed by atoms with Crippen LogP contribution in [-0.4, -0.2) is 34.1 Å². The van der Waals surface area contributed by atoms with Crippen molar-refractivity contribution in [2.24, 2.45) is 0 Å². The zero-order valence-corrected chi connectivity index (χ0v) is 17.3. The molecule has 0 bridgehead atoms. The Morgan fingerprint density at radius 3 is 2.45 bits per heavy atom. The Bertz CT molecular complexity index is 1060. The predicted molar refractivity (Wildman–Crippen MR) is 110 cm³/mol. The largest absolute Gasteiger partial charge is 0.459 e. The molecule has 1 heterocycles. The minimum atomic E-state index is -3.68. The molecule has 0 saturated heterocycles. The van der Waals surface area contributed by atoms with E-state index in [1.54, 1.807) is 6.92 Å². The molecule has 0 fully saturated rings. The van der Waals surface area contributed by atoms with Crippen LogP contribution < -0.4 is 10.0 Å². The van der Waals surface area contributed by atoms with E-state index in [4.69, 9.17) is 9.15 Å².